The zero-order chi connectivity index (χ0) is 18.5. The van der Waals surface area contributed by atoms with Crippen molar-refractivity contribution in [1.82, 2.24) is 0 Å². The minimum atomic E-state index is -0.956. The van der Waals surface area contributed by atoms with Crippen LogP contribution < -0.4 is 0 Å². The largest absolute Gasteiger partial charge is 0.463 e. The Hall–Kier alpha value is -1.47. The molecule has 0 radical (unpaired) electrons. The molecule has 0 aromatic rings. The van der Waals surface area contributed by atoms with E-state index in [1.54, 1.807) is 20.8 Å². The number of rotatable bonds is 6. The van der Waals surface area contributed by atoms with Crippen LogP contribution in [0.4, 0.5) is 0 Å². The van der Waals surface area contributed by atoms with E-state index in [1.807, 2.05) is 0 Å². The Morgan fingerprint density at radius 1 is 1.17 bits per heavy atom. The number of carbonyl (C=O) groups excluding carboxylic acids is 3. The van der Waals surface area contributed by atoms with E-state index in [-0.39, 0.29) is 12.4 Å². The van der Waals surface area contributed by atoms with E-state index < -0.39 is 41.8 Å². The molecule has 0 aromatic heterocycles. The first-order valence-electron chi connectivity index (χ1n) is 8.10. The number of carbonyl (C=O) groups is 3. The van der Waals surface area contributed by atoms with E-state index >= 15 is 0 Å². The van der Waals surface area contributed by atoms with Crippen LogP contribution >= 0.6 is 0 Å². The van der Waals surface area contributed by atoms with Crippen molar-refractivity contribution in [2.75, 3.05) is 13.7 Å². The highest BCUT2D eigenvalue weighted by Crippen LogP contribution is 2.33. The monoisotopic (exact) mass is 344 g/mol. The second kappa shape index (κ2) is 8.58. The summed E-state index contributed by atoms with van der Waals surface area (Å²) in [6.45, 7) is 7.86. The van der Waals surface area contributed by atoms with Crippen LogP contribution in [0.5, 0.6) is 0 Å². The van der Waals surface area contributed by atoms with E-state index in [1.165, 1.54) is 21.0 Å². The Morgan fingerprint density at radius 3 is 2.25 bits per heavy atom. The van der Waals surface area contributed by atoms with Crippen LogP contribution in [0.15, 0.2) is 0 Å². The number of hydrogen-bond acceptors (Lipinski definition) is 7. The number of methoxy groups -OCH3 is 1. The normalized spacial score (nSPS) is 25.7. The second-order valence-electron chi connectivity index (χ2n) is 7.01. The molecule has 1 aliphatic heterocycles. The van der Waals surface area contributed by atoms with Crippen molar-refractivity contribution < 1.29 is 33.3 Å². The van der Waals surface area contributed by atoms with Crippen LogP contribution in [0.3, 0.4) is 0 Å². The standard InChI is InChI=1S/C17H28O7/c1-10(18)15(16(20)24-17(3,4)5)12-7-8-14(21-6)23-13(12)9-22-11(2)19/h12-15H,7-9H2,1-6H3/t12-,13+,14-,15?/m0/s1. The number of ether oxygens (including phenoxy) is 4. The minimum Gasteiger partial charge on any atom is -0.463 e. The van der Waals surface area contributed by atoms with Gasteiger partial charge in [-0.1, -0.05) is 0 Å². The van der Waals surface area contributed by atoms with Crippen molar-refractivity contribution in [3.63, 3.8) is 0 Å². The smallest absolute Gasteiger partial charge is 0.317 e. The van der Waals surface area contributed by atoms with E-state index in [0.717, 1.165) is 0 Å². The summed E-state index contributed by atoms with van der Waals surface area (Å²) in [6, 6.07) is 0. The maximum Gasteiger partial charge on any atom is 0.317 e. The molecular formula is C17H28O7. The SMILES string of the molecule is CO[C@@H]1CC[C@H](C(C(C)=O)C(=O)OC(C)(C)C)[C@@H](COC(C)=O)O1. The quantitative estimate of drug-likeness (QED) is 0.537. The van der Waals surface area contributed by atoms with Crippen LogP contribution in [0.25, 0.3) is 0 Å². The number of esters is 2. The molecular weight excluding hydrogens is 316 g/mol. The lowest BCUT2D eigenvalue weighted by atomic mass is 9.80. The summed E-state index contributed by atoms with van der Waals surface area (Å²) in [4.78, 5) is 35.7. The third-order valence-electron chi connectivity index (χ3n) is 3.78. The average Bonchev–Trinajstić information content (AvgIpc) is 2.43. The molecule has 7 heteroatoms. The summed E-state index contributed by atoms with van der Waals surface area (Å²) < 4.78 is 21.4. The molecule has 1 fully saturated rings. The molecule has 1 unspecified atom stereocenters. The van der Waals surface area contributed by atoms with E-state index in [0.29, 0.717) is 12.8 Å². The lowest BCUT2D eigenvalue weighted by molar-refractivity contribution is -0.219. The van der Waals surface area contributed by atoms with E-state index in [2.05, 4.69) is 0 Å². The molecule has 0 aromatic carbocycles. The van der Waals surface area contributed by atoms with Gasteiger partial charge in [0.2, 0.25) is 0 Å². The molecule has 0 saturated carbocycles. The Kier molecular flexibility index (Phi) is 7.35. The Morgan fingerprint density at radius 2 is 1.79 bits per heavy atom. The molecule has 1 heterocycles. The van der Waals surface area contributed by atoms with Crippen LogP contribution in [0, 0.1) is 11.8 Å². The lowest BCUT2D eigenvalue weighted by Gasteiger charge is -2.38. The molecule has 24 heavy (non-hydrogen) atoms. The van der Waals surface area contributed by atoms with Crippen molar-refractivity contribution in [2.45, 2.75) is 65.5 Å². The maximum absolute atomic E-state index is 12.5. The summed E-state index contributed by atoms with van der Waals surface area (Å²) in [5.41, 5.74) is -0.694. The predicted molar refractivity (Wildman–Crippen MR) is 85.0 cm³/mol. The predicted octanol–water partition coefficient (Wildman–Crippen LogP) is 1.86. The van der Waals surface area contributed by atoms with E-state index in [4.69, 9.17) is 18.9 Å². The van der Waals surface area contributed by atoms with Crippen molar-refractivity contribution >= 4 is 17.7 Å². The molecule has 0 amide bonds. The topological polar surface area (TPSA) is 88.1 Å². The third-order valence-corrected chi connectivity index (χ3v) is 3.78. The van der Waals surface area contributed by atoms with Crippen molar-refractivity contribution in [3.05, 3.63) is 0 Å². The van der Waals surface area contributed by atoms with Crippen LogP contribution in [0.1, 0.15) is 47.5 Å². The fourth-order valence-electron chi connectivity index (χ4n) is 2.80. The van der Waals surface area contributed by atoms with Crippen molar-refractivity contribution in [1.29, 1.82) is 0 Å². The Balaban J connectivity index is 2.97. The molecule has 7 nitrogen and oxygen atoms in total. The van der Waals surface area contributed by atoms with Crippen LogP contribution in [0.2, 0.25) is 0 Å². The first-order chi connectivity index (χ1) is 11.0. The highest BCUT2D eigenvalue weighted by molar-refractivity contribution is 5.98. The average molecular weight is 344 g/mol. The van der Waals surface area contributed by atoms with Gasteiger partial charge in [-0.05, 0) is 40.5 Å². The van der Waals surface area contributed by atoms with Crippen LogP contribution in [-0.2, 0) is 33.3 Å². The molecule has 0 aliphatic carbocycles. The molecule has 4 atom stereocenters. The summed E-state index contributed by atoms with van der Waals surface area (Å²) in [5.74, 6) is -2.70. The highest BCUT2D eigenvalue weighted by atomic mass is 16.7. The summed E-state index contributed by atoms with van der Waals surface area (Å²) in [7, 11) is 1.52. The zero-order valence-corrected chi connectivity index (χ0v) is 15.3. The van der Waals surface area contributed by atoms with Gasteiger partial charge in [0.05, 0.1) is 6.10 Å². The van der Waals surface area contributed by atoms with Gasteiger partial charge in [0.25, 0.3) is 0 Å². The second-order valence-corrected chi connectivity index (χ2v) is 7.01. The molecule has 1 aliphatic rings. The van der Waals surface area contributed by atoms with Gasteiger partial charge in [-0.3, -0.25) is 14.4 Å². The molecule has 1 rings (SSSR count). The Bertz CT molecular complexity index is 466. The fourth-order valence-corrected chi connectivity index (χ4v) is 2.80. The minimum absolute atomic E-state index is 0.0353. The van der Waals surface area contributed by atoms with Crippen molar-refractivity contribution in [2.24, 2.45) is 11.8 Å². The third kappa shape index (κ3) is 6.20. The number of Topliss-reactive ketones (excluding diaryl/α,β-unsaturated/α-hetero) is 1. The van der Waals surface area contributed by atoms with Gasteiger partial charge < -0.3 is 18.9 Å². The first-order valence-corrected chi connectivity index (χ1v) is 8.10. The molecule has 0 N–H and O–H groups in total. The fraction of sp³-hybridized carbons (Fsp3) is 0.824. The highest BCUT2D eigenvalue weighted by Gasteiger charge is 2.44. The first kappa shape index (κ1) is 20.6. The van der Waals surface area contributed by atoms with Gasteiger partial charge >= 0.3 is 11.9 Å². The molecule has 0 spiro atoms. The molecule has 138 valence electrons. The van der Waals surface area contributed by atoms with Crippen LogP contribution in [-0.4, -0.2) is 49.4 Å². The van der Waals surface area contributed by atoms with Gasteiger partial charge in [0.1, 0.15) is 23.9 Å². The number of ketones is 1. The molecule has 0 bridgehead atoms. The summed E-state index contributed by atoms with van der Waals surface area (Å²) in [6.07, 6.45) is 0.0280. The summed E-state index contributed by atoms with van der Waals surface area (Å²) >= 11 is 0. The lowest BCUT2D eigenvalue weighted by Crippen LogP contribution is -2.47. The van der Waals surface area contributed by atoms with Gasteiger partial charge in [-0.15, -0.1) is 0 Å². The van der Waals surface area contributed by atoms with Crippen molar-refractivity contribution in [3.8, 4) is 0 Å². The zero-order valence-electron chi connectivity index (χ0n) is 15.3. The van der Waals surface area contributed by atoms with Gasteiger partial charge in [-0.2, -0.15) is 0 Å². The van der Waals surface area contributed by atoms with E-state index in [9.17, 15) is 14.4 Å². The van der Waals surface area contributed by atoms with Gasteiger partial charge in [-0.25, -0.2) is 0 Å². The Labute approximate surface area is 143 Å². The molecule has 1 saturated heterocycles. The summed E-state index contributed by atoms with van der Waals surface area (Å²) in [5, 5.41) is 0. The maximum atomic E-state index is 12.5. The number of hydrogen-bond donors (Lipinski definition) is 0. The van der Waals surface area contributed by atoms with Gasteiger partial charge in [0.15, 0.2) is 6.29 Å². The van der Waals surface area contributed by atoms with Gasteiger partial charge in [0, 0.05) is 20.0 Å².